The molecule has 0 aliphatic heterocycles. The van der Waals surface area contributed by atoms with Crippen LogP contribution >= 0.6 is 34.5 Å². The van der Waals surface area contributed by atoms with Gasteiger partial charge in [0.2, 0.25) is 0 Å². The van der Waals surface area contributed by atoms with Crippen LogP contribution in [0.4, 0.5) is 5.00 Å². The summed E-state index contributed by atoms with van der Waals surface area (Å²) in [6.07, 6.45) is 3.62. The summed E-state index contributed by atoms with van der Waals surface area (Å²) in [5, 5.41) is 13.3. The number of amides is 1. The lowest BCUT2D eigenvalue weighted by Gasteiger charge is -2.10. The highest BCUT2D eigenvalue weighted by Crippen LogP contribution is 2.38. The van der Waals surface area contributed by atoms with Crippen molar-refractivity contribution in [2.24, 2.45) is 0 Å². The minimum Gasteiger partial charge on any atom is -0.478 e. The quantitative estimate of drug-likeness (QED) is 0.809. The topological polar surface area (TPSA) is 66.4 Å². The lowest BCUT2D eigenvalue weighted by molar-refractivity contribution is 0.0697. The number of hydrogen-bond acceptors (Lipinski definition) is 3. The van der Waals surface area contributed by atoms with Crippen molar-refractivity contribution in [1.29, 1.82) is 0 Å². The van der Waals surface area contributed by atoms with E-state index < -0.39 is 11.9 Å². The molecule has 0 fully saturated rings. The number of anilines is 1. The fourth-order valence-electron chi connectivity index (χ4n) is 2.74. The van der Waals surface area contributed by atoms with E-state index >= 15 is 0 Å². The predicted molar refractivity (Wildman–Crippen MR) is 92.3 cm³/mol. The first-order chi connectivity index (χ1) is 11.0. The second kappa shape index (κ2) is 6.51. The lowest BCUT2D eigenvalue weighted by atomic mass is 9.95. The zero-order chi connectivity index (χ0) is 16.6. The first kappa shape index (κ1) is 16.3. The van der Waals surface area contributed by atoms with Crippen molar-refractivity contribution >= 4 is 51.4 Å². The van der Waals surface area contributed by atoms with Gasteiger partial charge in [-0.05, 0) is 49.4 Å². The molecule has 0 unspecified atom stereocenters. The molecule has 0 saturated carbocycles. The highest BCUT2D eigenvalue weighted by atomic mass is 35.5. The van der Waals surface area contributed by atoms with E-state index in [1.807, 2.05) is 0 Å². The number of thiophene rings is 1. The van der Waals surface area contributed by atoms with E-state index in [9.17, 15) is 14.7 Å². The maximum Gasteiger partial charge on any atom is 0.339 e. The number of nitrogens with one attached hydrogen (secondary N) is 1. The summed E-state index contributed by atoms with van der Waals surface area (Å²) in [5.74, 6) is -1.43. The van der Waals surface area contributed by atoms with Gasteiger partial charge >= 0.3 is 5.97 Å². The molecule has 1 heterocycles. The largest absolute Gasteiger partial charge is 0.478 e. The van der Waals surface area contributed by atoms with Crippen LogP contribution in [0.15, 0.2) is 18.2 Å². The monoisotopic (exact) mass is 369 g/mol. The van der Waals surface area contributed by atoms with Crippen molar-refractivity contribution < 1.29 is 14.7 Å². The predicted octanol–water partition coefficient (Wildman–Crippen LogP) is 4.88. The van der Waals surface area contributed by atoms with Gasteiger partial charge in [0, 0.05) is 20.5 Å². The normalized spacial score (nSPS) is 13.5. The third-order valence-electron chi connectivity index (χ3n) is 3.74. The van der Waals surface area contributed by atoms with Gasteiger partial charge in [-0.25, -0.2) is 4.79 Å². The average molecular weight is 370 g/mol. The van der Waals surface area contributed by atoms with Crippen molar-refractivity contribution in [2.45, 2.75) is 25.7 Å². The van der Waals surface area contributed by atoms with Gasteiger partial charge in [-0.3, -0.25) is 4.79 Å². The number of aromatic carboxylic acids is 1. The molecule has 0 bridgehead atoms. The molecular formula is C16H13Cl2NO3S. The van der Waals surface area contributed by atoms with Crippen LogP contribution in [0.25, 0.3) is 0 Å². The molecule has 0 saturated heterocycles. The van der Waals surface area contributed by atoms with E-state index in [4.69, 9.17) is 23.2 Å². The second-order valence-electron chi connectivity index (χ2n) is 5.33. The minimum atomic E-state index is -1.01. The molecule has 1 aliphatic carbocycles. The van der Waals surface area contributed by atoms with Crippen molar-refractivity contribution in [1.82, 2.24) is 0 Å². The Kier molecular flexibility index (Phi) is 4.62. The molecule has 1 amide bonds. The molecule has 1 aromatic carbocycles. The molecule has 0 spiro atoms. The van der Waals surface area contributed by atoms with Gasteiger partial charge in [0.1, 0.15) is 5.00 Å². The van der Waals surface area contributed by atoms with Crippen LogP contribution in [0.2, 0.25) is 10.0 Å². The van der Waals surface area contributed by atoms with Gasteiger partial charge in [0.05, 0.1) is 5.56 Å². The van der Waals surface area contributed by atoms with E-state index in [2.05, 4.69) is 5.32 Å². The molecule has 120 valence electrons. The Morgan fingerprint density at radius 3 is 2.39 bits per heavy atom. The Balaban J connectivity index is 1.94. The fourth-order valence-corrected chi connectivity index (χ4v) is 4.54. The van der Waals surface area contributed by atoms with Gasteiger partial charge in [-0.15, -0.1) is 11.3 Å². The number of benzene rings is 1. The van der Waals surface area contributed by atoms with Crippen molar-refractivity contribution in [3.05, 3.63) is 49.8 Å². The summed E-state index contributed by atoms with van der Waals surface area (Å²) in [4.78, 5) is 25.0. The Morgan fingerprint density at radius 1 is 1.09 bits per heavy atom. The molecule has 3 rings (SSSR count). The highest BCUT2D eigenvalue weighted by Gasteiger charge is 2.26. The average Bonchev–Trinajstić information content (AvgIpc) is 2.84. The van der Waals surface area contributed by atoms with E-state index in [0.29, 0.717) is 20.6 Å². The summed E-state index contributed by atoms with van der Waals surface area (Å²) < 4.78 is 0. The summed E-state index contributed by atoms with van der Waals surface area (Å²) in [6, 6.07) is 4.53. The number of carbonyl (C=O) groups excluding carboxylic acids is 1. The maximum absolute atomic E-state index is 12.4. The number of halogens is 2. The van der Waals surface area contributed by atoms with Crippen LogP contribution in [0.3, 0.4) is 0 Å². The first-order valence-corrected chi connectivity index (χ1v) is 8.68. The Morgan fingerprint density at radius 2 is 1.74 bits per heavy atom. The van der Waals surface area contributed by atoms with Crippen LogP contribution < -0.4 is 5.32 Å². The standard InChI is InChI=1S/C16H13Cl2NO3S/c17-9-5-8(6-10(18)7-9)14(20)19-15-13(16(21)22)11-3-1-2-4-12(11)23-15/h5-7H,1-4H2,(H,19,20)(H,21,22). The summed E-state index contributed by atoms with van der Waals surface area (Å²) >= 11 is 13.2. The molecule has 2 N–H and O–H groups in total. The van der Waals surface area contributed by atoms with Gasteiger partial charge < -0.3 is 10.4 Å². The van der Waals surface area contributed by atoms with E-state index in [1.54, 1.807) is 0 Å². The number of carbonyl (C=O) groups is 2. The third-order valence-corrected chi connectivity index (χ3v) is 5.38. The number of carboxylic acids is 1. The van der Waals surface area contributed by atoms with Crippen molar-refractivity contribution in [3.63, 3.8) is 0 Å². The van der Waals surface area contributed by atoms with Crippen molar-refractivity contribution in [3.8, 4) is 0 Å². The SMILES string of the molecule is O=C(Nc1sc2c(c1C(=O)O)CCCC2)c1cc(Cl)cc(Cl)c1. The molecule has 1 aliphatic rings. The van der Waals surface area contributed by atoms with Crippen LogP contribution in [0.1, 0.15) is 44.0 Å². The van der Waals surface area contributed by atoms with E-state index in [1.165, 1.54) is 29.5 Å². The molecular weight excluding hydrogens is 357 g/mol. The van der Waals surface area contributed by atoms with Crippen LogP contribution in [-0.4, -0.2) is 17.0 Å². The smallest absolute Gasteiger partial charge is 0.339 e. The van der Waals surface area contributed by atoms with Gasteiger partial charge in [0.15, 0.2) is 0 Å². The van der Waals surface area contributed by atoms with E-state index in [-0.39, 0.29) is 5.56 Å². The third kappa shape index (κ3) is 3.37. The number of rotatable bonds is 3. The molecule has 23 heavy (non-hydrogen) atoms. The number of fused-ring (bicyclic) bond motifs is 1. The molecule has 7 heteroatoms. The van der Waals surface area contributed by atoms with E-state index in [0.717, 1.165) is 36.1 Å². The molecule has 0 atom stereocenters. The van der Waals surface area contributed by atoms with Gasteiger partial charge in [-0.1, -0.05) is 23.2 Å². The Labute approximate surface area is 147 Å². The van der Waals surface area contributed by atoms with Crippen LogP contribution in [-0.2, 0) is 12.8 Å². The summed E-state index contributed by atoms with van der Waals surface area (Å²) in [6.45, 7) is 0. The minimum absolute atomic E-state index is 0.214. The molecule has 0 radical (unpaired) electrons. The maximum atomic E-state index is 12.4. The zero-order valence-electron chi connectivity index (χ0n) is 12.0. The lowest BCUT2D eigenvalue weighted by Crippen LogP contribution is -2.14. The second-order valence-corrected chi connectivity index (χ2v) is 7.31. The van der Waals surface area contributed by atoms with Gasteiger partial charge in [-0.2, -0.15) is 0 Å². The number of aryl methyl sites for hydroxylation is 1. The summed E-state index contributed by atoms with van der Waals surface area (Å²) in [7, 11) is 0. The molecule has 4 nitrogen and oxygen atoms in total. The number of hydrogen-bond donors (Lipinski definition) is 2. The zero-order valence-corrected chi connectivity index (χ0v) is 14.3. The Hall–Kier alpha value is -1.56. The first-order valence-electron chi connectivity index (χ1n) is 7.11. The summed E-state index contributed by atoms with van der Waals surface area (Å²) in [5.41, 5.74) is 1.37. The fraction of sp³-hybridized carbons (Fsp3) is 0.250. The van der Waals surface area contributed by atoms with Crippen LogP contribution in [0, 0.1) is 0 Å². The molecule has 1 aromatic heterocycles. The van der Waals surface area contributed by atoms with Gasteiger partial charge in [0.25, 0.3) is 5.91 Å². The molecule has 2 aromatic rings. The highest BCUT2D eigenvalue weighted by molar-refractivity contribution is 7.17. The Bertz CT molecular complexity index is 781. The van der Waals surface area contributed by atoms with Crippen LogP contribution in [0.5, 0.6) is 0 Å². The van der Waals surface area contributed by atoms with Crippen molar-refractivity contribution in [2.75, 3.05) is 5.32 Å². The number of carboxylic acid groups (broad SMARTS) is 1.